The summed E-state index contributed by atoms with van der Waals surface area (Å²) >= 11 is 3.32. The van der Waals surface area contributed by atoms with Crippen molar-refractivity contribution in [1.29, 1.82) is 0 Å². The zero-order valence-corrected chi connectivity index (χ0v) is 14.1. The molecule has 0 aliphatic heterocycles. The lowest BCUT2D eigenvalue weighted by atomic mass is 10.2. The topological polar surface area (TPSA) is 68.3 Å². The van der Waals surface area contributed by atoms with Gasteiger partial charge in [0.1, 0.15) is 5.69 Å². The molecule has 2 aromatic carbocycles. The molecule has 0 aliphatic rings. The van der Waals surface area contributed by atoms with E-state index in [0.717, 1.165) is 9.86 Å². The number of ether oxygens (including phenoxy) is 1. The number of halogens is 1. The van der Waals surface area contributed by atoms with Crippen LogP contribution in [0.3, 0.4) is 0 Å². The molecule has 0 fully saturated rings. The number of carbonyl (C=O) groups excluding carboxylic acids is 2. The molecular formula is C18H13BrN2O3. The number of fused-ring (bicyclic) bond motifs is 1. The second-order valence-corrected chi connectivity index (χ2v) is 5.94. The first-order valence-corrected chi connectivity index (χ1v) is 7.99. The van der Waals surface area contributed by atoms with E-state index >= 15 is 0 Å². The van der Waals surface area contributed by atoms with E-state index in [1.165, 1.54) is 0 Å². The SMILES string of the molecule is O=C(COC(=O)c1ccc2ccccc2n1)Nc1cccc(Br)c1. The molecule has 0 saturated heterocycles. The van der Waals surface area contributed by atoms with Crippen molar-refractivity contribution in [1.82, 2.24) is 4.98 Å². The van der Waals surface area contributed by atoms with Crippen molar-refractivity contribution >= 4 is 44.4 Å². The third kappa shape index (κ3) is 3.97. The number of hydrogen-bond acceptors (Lipinski definition) is 4. The highest BCUT2D eigenvalue weighted by atomic mass is 79.9. The first-order valence-electron chi connectivity index (χ1n) is 7.20. The number of carbonyl (C=O) groups is 2. The van der Waals surface area contributed by atoms with Gasteiger partial charge in [0.05, 0.1) is 5.52 Å². The van der Waals surface area contributed by atoms with Crippen LogP contribution in [0.5, 0.6) is 0 Å². The molecule has 3 rings (SSSR count). The van der Waals surface area contributed by atoms with Gasteiger partial charge in [-0.15, -0.1) is 0 Å². The highest BCUT2D eigenvalue weighted by Gasteiger charge is 2.12. The van der Waals surface area contributed by atoms with Crippen LogP contribution in [0.1, 0.15) is 10.5 Å². The summed E-state index contributed by atoms with van der Waals surface area (Å²) in [6, 6.07) is 18.0. The molecule has 120 valence electrons. The van der Waals surface area contributed by atoms with E-state index in [9.17, 15) is 9.59 Å². The Morgan fingerprint density at radius 3 is 2.71 bits per heavy atom. The molecule has 24 heavy (non-hydrogen) atoms. The first-order chi connectivity index (χ1) is 11.6. The zero-order chi connectivity index (χ0) is 16.9. The Kier molecular flexibility index (Phi) is 4.86. The van der Waals surface area contributed by atoms with E-state index in [0.29, 0.717) is 11.2 Å². The summed E-state index contributed by atoms with van der Waals surface area (Å²) in [7, 11) is 0. The Morgan fingerprint density at radius 2 is 1.88 bits per heavy atom. The van der Waals surface area contributed by atoms with Gasteiger partial charge in [-0.3, -0.25) is 4.79 Å². The van der Waals surface area contributed by atoms with Crippen LogP contribution in [0.25, 0.3) is 10.9 Å². The van der Waals surface area contributed by atoms with E-state index in [4.69, 9.17) is 4.74 Å². The quantitative estimate of drug-likeness (QED) is 0.694. The number of pyridine rings is 1. The summed E-state index contributed by atoms with van der Waals surface area (Å²) in [6.45, 7) is -0.375. The smallest absolute Gasteiger partial charge is 0.357 e. The number of para-hydroxylation sites is 1. The minimum absolute atomic E-state index is 0.170. The Bertz CT molecular complexity index is 911. The van der Waals surface area contributed by atoms with Crippen molar-refractivity contribution in [3.05, 3.63) is 70.8 Å². The third-order valence-electron chi connectivity index (χ3n) is 3.25. The molecule has 0 unspecified atom stereocenters. The van der Waals surface area contributed by atoms with Crippen molar-refractivity contribution in [2.75, 3.05) is 11.9 Å². The van der Waals surface area contributed by atoms with Crippen molar-refractivity contribution < 1.29 is 14.3 Å². The number of aromatic nitrogens is 1. The van der Waals surface area contributed by atoms with Crippen molar-refractivity contribution in [2.45, 2.75) is 0 Å². The molecule has 1 amide bonds. The van der Waals surface area contributed by atoms with Gasteiger partial charge < -0.3 is 10.1 Å². The number of benzene rings is 2. The van der Waals surface area contributed by atoms with Gasteiger partial charge in [0.25, 0.3) is 5.91 Å². The van der Waals surface area contributed by atoms with Crippen LogP contribution in [0.15, 0.2) is 65.1 Å². The molecule has 1 heterocycles. The number of esters is 1. The van der Waals surface area contributed by atoms with Crippen LogP contribution in [-0.2, 0) is 9.53 Å². The molecular weight excluding hydrogens is 372 g/mol. The molecule has 0 aliphatic carbocycles. The lowest BCUT2D eigenvalue weighted by molar-refractivity contribution is -0.119. The van der Waals surface area contributed by atoms with Crippen LogP contribution in [0, 0.1) is 0 Å². The number of nitrogens with zero attached hydrogens (tertiary/aromatic N) is 1. The molecule has 0 saturated carbocycles. The largest absolute Gasteiger partial charge is 0.451 e. The maximum Gasteiger partial charge on any atom is 0.357 e. The van der Waals surface area contributed by atoms with Gasteiger partial charge in [0.15, 0.2) is 6.61 Å². The van der Waals surface area contributed by atoms with Crippen molar-refractivity contribution in [3.8, 4) is 0 Å². The minimum atomic E-state index is -0.634. The first kappa shape index (κ1) is 16.1. The summed E-state index contributed by atoms with van der Waals surface area (Å²) in [4.78, 5) is 28.1. The number of anilines is 1. The summed E-state index contributed by atoms with van der Waals surface area (Å²) in [5.74, 6) is -1.05. The Labute approximate surface area is 146 Å². The normalized spacial score (nSPS) is 10.4. The highest BCUT2D eigenvalue weighted by Crippen LogP contribution is 2.15. The molecule has 0 radical (unpaired) electrons. The maximum atomic E-state index is 12.0. The Morgan fingerprint density at radius 1 is 1.04 bits per heavy atom. The number of amides is 1. The van der Waals surface area contributed by atoms with Crippen LogP contribution in [0.4, 0.5) is 5.69 Å². The van der Waals surface area contributed by atoms with Crippen LogP contribution in [0.2, 0.25) is 0 Å². The predicted octanol–water partition coefficient (Wildman–Crippen LogP) is 3.79. The number of rotatable bonds is 4. The van der Waals surface area contributed by atoms with Gasteiger partial charge in [-0.25, -0.2) is 9.78 Å². The maximum absolute atomic E-state index is 12.0. The van der Waals surface area contributed by atoms with E-state index in [2.05, 4.69) is 26.2 Å². The number of nitrogens with one attached hydrogen (secondary N) is 1. The van der Waals surface area contributed by atoms with Gasteiger partial charge in [0.2, 0.25) is 0 Å². The van der Waals surface area contributed by atoms with Gasteiger partial charge in [-0.1, -0.05) is 46.3 Å². The molecule has 3 aromatic rings. The molecule has 0 spiro atoms. The predicted molar refractivity (Wildman–Crippen MR) is 94.8 cm³/mol. The summed E-state index contributed by atoms with van der Waals surface area (Å²) in [5.41, 5.74) is 1.49. The van der Waals surface area contributed by atoms with E-state index in [1.54, 1.807) is 30.3 Å². The fourth-order valence-corrected chi connectivity index (χ4v) is 2.55. The lowest BCUT2D eigenvalue weighted by Crippen LogP contribution is -2.21. The van der Waals surface area contributed by atoms with Crippen molar-refractivity contribution in [3.63, 3.8) is 0 Å². The molecule has 5 nitrogen and oxygen atoms in total. The fraction of sp³-hybridized carbons (Fsp3) is 0.0556. The second-order valence-electron chi connectivity index (χ2n) is 5.02. The fourth-order valence-electron chi connectivity index (χ4n) is 2.15. The zero-order valence-electron chi connectivity index (χ0n) is 12.5. The van der Waals surface area contributed by atoms with Gasteiger partial charge in [-0.2, -0.15) is 0 Å². The standard InChI is InChI=1S/C18H13BrN2O3/c19-13-5-3-6-14(10-13)20-17(22)11-24-18(23)16-9-8-12-4-1-2-7-15(12)21-16/h1-10H,11H2,(H,20,22). The van der Waals surface area contributed by atoms with Crippen LogP contribution < -0.4 is 5.32 Å². The molecule has 1 aromatic heterocycles. The number of hydrogen-bond donors (Lipinski definition) is 1. The van der Waals surface area contributed by atoms with Crippen molar-refractivity contribution in [2.24, 2.45) is 0 Å². The van der Waals surface area contributed by atoms with Gasteiger partial charge in [0, 0.05) is 15.5 Å². The van der Waals surface area contributed by atoms with Gasteiger partial charge in [-0.05, 0) is 30.3 Å². The van der Waals surface area contributed by atoms with E-state index in [1.807, 2.05) is 30.3 Å². The monoisotopic (exact) mass is 384 g/mol. The highest BCUT2D eigenvalue weighted by molar-refractivity contribution is 9.10. The third-order valence-corrected chi connectivity index (χ3v) is 3.74. The lowest BCUT2D eigenvalue weighted by Gasteiger charge is -2.07. The molecule has 6 heteroatoms. The minimum Gasteiger partial charge on any atom is -0.451 e. The Balaban J connectivity index is 1.60. The summed E-state index contributed by atoms with van der Waals surface area (Å²) in [6.07, 6.45) is 0. The average molecular weight is 385 g/mol. The van der Waals surface area contributed by atoms with E-state index < -0.39 is 11.9 Å². The summed E-state index contributed by atoms with van der Waals surface area (Å²) < 4.78 is 5.86. The second kappa shape index (κ2) is 7.23. The van der Waals surface area contributed by atoms with E-state index in [-0.39, 0.29) is 12.3 Å². The molecule has 0 bridgehead atoms. The molecule has 0 atom stereocenters. The van der Waals surface area contributed by atoms with Crippen LogP contribution >= 0.6 is 15.9 Å². The average Bonchev–Trinajstić information content (AvgIpc) is 2.59. The molecule has 1 N–H and O–H groups in total. The Hall–Kier alpha value is -2.73. The van der Waals surface area contributed by atoms with Crippen LogP contribution in [-0.4, -0.2) is 23.5 Å². The summed E-state index contributed by atoms with van der Waals surface area (Å²) in [5, 5.41) is 3.58. The van der Waals surface area contributed by atoms with Gasteiger partial charge >= 0.3 is 5.97 Å².